The average molecular weight is 262 g/mol. The Morgan fingerprint density at radius 1 is 1.42 bits per heavy atom. The zero-order valence-corrected chi connectivity index (χ0v) is 10.9. The summed E-state index contributed by atoms with van der Waals surface area (Å²) in [7, 11) is 0. The molecule has 3 N–H and O–H groups in total. The standard InChI is InChI=1S/C14H18N2O3/c1-9-6-16(8-12(9)14(18)19)7-10-3-2-4-11(5-10)13(15)17/h2-5,9,12H,6-8H2,1H3,(H2,15,17)(H,18,19)/t9-,12-/m1/s1. The predicted octanol–water partition coefficient (Wildman–Crippen LogP) is 0.938. The van der Waals surface area contributed by atoms with Crippen molar-refractivity contribution in [3.05, 3.63) is 35.4 Å². The Hall–Kier alpha value is -1.88. The van der Waals surface area contributed by atoms with Crippen molar-refractivity contribution in [2.45, 2.75) is 13.5 Å². The highest BCUT2D eigenvalue weighted by atomic mass is 16.4. The molecule has 0 aromatic heterocycles. The molecule has 1 saturated heterocycles. The Kier molecular flexibility index (Phi) is 3.85. The first-order valence-corrected chi connectivity index (χ1v) is 6.31. The predicted molar refractivity (Wildman–Crippen MR) is 70.5 cm³/mol. The van der Waals surface area contributed by atoms with E-state index in [0.717, 1.165) is 12.1 Å². The van der Waals surface area contributed by atoms with Crippen molar-refractivity contribution < 1.29 is 14.7 Å². The summed E-state index contributed by atoms with van der Waals surface area (Å²) in [5.41, 5.74) is 6.71. The number of carbonyl (C=O) groups excluding carboxylic acids is 1. The minimum atomic E-state index is -0.735. The molecule has 1 aromatic rings. The van der Waals surface area contributed by atoms with Crippen LogP contribution in [0.25, 0.3) is 0 Å². The SMILES string of the molecule is C[C@@H]1CN(Cc2cccc(C(N)=O)c2)C[C@H]1C(=O)O. The van der Waals surface area contributed by atoms with E-state index in [2.05, 4.69) is 4.90 Å². The quantitative estimate of drug-likeness (QED) is 0.845. The van der Waals surface area contributed by atoms with Crippen LogP contribution in [0, 0.1) is 11.8 Å². The molecule has 1 fully saturated rings. The summed E-state index contributed by atoms with van der Waals surface area (Å²) in [5, 5.41) is 9.10. The van der Waals surface area contributed by atoms with Crippen LogP contribution in [0.1, 0.15) is 22.8 Å². The number of amides is 1. The van der Waals surface area contributed by atoms with Gasteiger partial charge >= 0.3 is 5.97 Å². The van der Waals surface area contributed by atoms with Crippen molar-refractivity contribution in [1.29, 1.82) is 0 Å². The topological polar surface area (TPSA) is 83.6 Å². The fourth-order valence-electron chi connectivity index (χ4n) is 2.60. The molecule has 2 atom stereocenters. The molecule has 0 bridgehead atoms. The molecule has 2 rings (SSSR count). The van der Waals surface area contributed by atoms with E-state index in [1.807, 2.05) is 13.0 Å². The molecule has 5 nitrogen and oxygen atoms in total. The van der Waals surface area contributed by atoms with E-state index in [-0.39, 0.29) is 11.8 Å². The molecule has 0 unspecified atom stereocenters. The van der Waals surface area contributed by atoms with E-state index in [4.69, 9.17) is 10.8 Å². The summed E-state index contributed by atoms with van der Waals surface area (Å²) in [4.78, 5) is 24.3. The lowest BCUT2D eigenvalue weighted by Gasteiger charge is -2.15. The molecule has 0 saturated carbocycles. The van der Waals surface area contributed by atoms with Gasteiger partial charge in [-0.2, -0.15) is 0 Å². The maximum Gasteiger partial charge on any atom is 0.308 e. The van der Waals surface area contributed by atoms with Gasteiger partial charge in [-0.25, -0.2) is 0 Å². The third kappa shape index (κ3) is 3.12. The van der Waals surface area contributed by atoms with Crippen LogP contribution < -0.4 is 5.73 Å². The van der Waals surface area contributed by atoms with Gasteiger partial charge in [-0.1, -0.05) is 19.1 Å². The Balaban J connectivity index is 2.04. The van der Waals surface area contributed by atoms with Gasteiger partial charge in [0.25, 0.3) is 0 Å². The summed E-state index contributed by atoms with van der Waals surface area (Å²) >= 11 is 0. The van der Waals surface area contributed by atoms with Gasteiger partial charge in [-0.05, 0) is 23.6 Å². The average Bonchev–Trinajstić information content (AvgIpc) is 2.70. The number of aliphatic carboxylic acids is 1. The highest BCUT2D eigenvalue weighted by Gasteiger charge is 2.34. The van der Waals surface area contributed by atoms with Crippen LogP contribution in [0.4, 0.5) is 0 Å². The first-order valence-electron chi connectivity index (χ1n) is 6.31. The van der Waals surface area contributed by atoms with Gasteiger partial charge in [0.2, 0.25) is 5.91 Å². The van der Waals surface area contributed by atoms with Crippen LogP contribution in [0.15, 0.2) is 24.3 Å². The van der Waals surface area contributed by atoms with Crippen LogP contribution in [0.3, 0.4) is 0 Å². The van der Waals surface area contributed by atoms with Gasteiger partial charge in [-0.15, -0.1) is 0 Å². The molecule has 0 radical (unpaired) electrons. The normalized spacial score (nSPS) is 23.4. The molecule has 0 spiro atoms. The second kappa shape index (κ2) is 5.40. The number of hydrogen-bond acceptors (Lipinski definition) is 3. The van der Waals surface area contributed by atoms with Gasteiger partial charge in [0.15, 0.2) is 0 Å². The smallest absolute Gasteiger partial charge is 0.308 e. The molecule has 0 aliphatic carbocycles. The number of nitrogens with two attached hydrogens (primary N) is 1. The van der Waals surface area contributed by atoms with Crippen molar-refractivity contribution in [3.8, 4) is 0 Å². The van der Waals surface area contributed by atoms with Crippen LogP contribution in [0.5, 0.6) is 0 Å². The van der Waals surface area contributed by atoms with Crippen molar-refractivity contribution >= 4 is 11.9 Å². The first kappa shape index (κ1) is 13.5. The van der Waals surface area contributed by atoms with Crippen molar-refractivity contribution in [1.82, 2.24) is 4.90 Å². The van der Waals surface area contributed by atoms with Gasteiger partial charge in [0.1, 0.15) is 0 Å². The highest BCUT2D eigenvalue weighted by Crippen LogP contribution is 2.24. The van der Waals surface area contributed by atoms with E-state index in [1.54, 1.807) is 18.2 Å². The molecular weight excluding hydrogens is 244 g/mol. The molecule has 1 heterocycles. The van der Waals surface area contributed by atoms with E-state index in [1.165, 1.54) is 0 Å². The van der Waals surface area contributed by atoms with Gasteiger partial charge in [0, 0.05) is 25.2 Å². The number of likely N-dealkylation sites (tertiary alicyclic amines) is 1. The minimum Gasteiger partial charge on any atom is -0.481 e. The van der Waals surface area contributed by atoms with E-state index in [9.17, 15) is 9.59 Å². The van der Waals surface area contributed by atoms with Gasteiger partial charge in [-0.3, -0.25) is 14.5 Å². The number of carboxylic acids is 1. The number of hydrogen-bond donors (Lipinski definition) is 2. The Bertz CT molecular complexity index is 501. The fourth-order valence-corrected chi connectivity index (χ4v) is 2.60. The third-order valence-electron chi connectivity index (χ3n) is 3.62. The molecule has 5 heteroatoms. The summed E-state index contributed by atoms with van der Waals surface area (Å²) in [6.45, 7) is 3.92. The number of carboxylic acid groups (broad SMARTS) is 1. The number of nitrogens with zero attached hydrogens (tertiary/aromatic N) is 1. The van der Waals surface area contributed by atoms with E-state index in [0.29, 0.717) is 18.7 Å². The van der Waals surface area contributed by atoms with E-state index < -0.39 is 11.9 Å². The summed E-state index contributed by atoms with van der Waals surface area (Å²) in [6, 6.07) is 7.16. The fraction of sp³-hybridized carbons (Fsp3) is 0.429. The number of benzene rings is 1. The van der Waals surface area contributed by atoms with Crippen molar-refractivity contribution in [2.24, 2.45) is 17.6 Å². The largest absolute Gasteiger partial charge is 0.481 e. The van der Waals surface area contributed by atoms with Gasteiger partial charge < -0.3 is 10.8 Å². The molecule has 1 aromatic carbocycles. The summed E-state index contributed by atoms with van der Waals surface area (Å²) in [5.74, 6) is -1.34. The molecule has 1 aliphatic rings. The van der Waals surface area contributed by atoms with Crippen molar-refractivity contribution in [3.63, 3.8) is 0 Å². The maximum atomic E-state index is 11.1. The van der Waals surface area contributed by atoms with Crippen LogP contribution in [0.2, 0.25) is 0 Å². The second-order valence-corrected chi connectivity index (χ2v) is 5.18. The van der Waals surface area contributed by atoms with Crippen LogP contribution >= 0.6 is 0 Å². The zero-order valence-electron chi connectivity index (χ0n) is 10.9. The third-order valence-corrected chi connectivity index (χ3v) is 3.62. The van der Waals surface area contributed by atoms with Crippen LogP contribution in [-0.4, -0.2) is 35.0 Å². The molecular formula is C14H18N2O3. The molecule has 1 aliphatic heterocycles. The number of rotatable bonds is 4. The number of carbonyl (C=O) groups is 2. The molecule has 102 valence electrons. The Morgan fingerprint density at radius 3 is 2.74 bits per heavy atom. The monoisotopic (exact) mass is 262 g/mol. The highest BCUT2D eigenvalue weighted by molar-refractivity contribution is 5.92. The van der Waals surface area contributed by atoms with Crippen molar-refractivity contribution in [2.75, 3.05) is 13.1 Å². The number of primary amides is 1. The molecule has 1 amide bonds. The van der Waals surface area contributed by atoms with Crippen LogP contribution in [-0.2, 0) is 11.3 Å². The zero-order chi connectivity index (χ0) is 14.0. The minimum absolute atomic E-state index is 0.150. The second-order valence-electron chi connectivity index (χ2n) is 5.18. The summed E-state index contributed by atoms with van der Waals surface area (Å²) in [6.07, 6.45) is 0. The Labute approximate surface area is 112 Å². The lowest BCUT2D eigenvalue weighted by atomic mass is 9.99. The molecule has 19 heavy (non-hydrogen) atoms. The lowest BCUT2D eigenvalue weighted by molar-refractivity contribution is -0.142. The summed E-state index contributed by atoms with van der Waals surface area (Å²) < 4.78 is 0. The maximum absolute atomic E-state index is 11.1. The Morgan fingerprint density at radius 2 is 2.16 bits per heavy atom. The van der Waals surface area contributed by atoms with Gasteiger partial charge in [0.05, 0.1) is 5.92 Å². The lowest BCUT2D eigenvalue weighted by Crippen LogP contribution is -2.23. The first-order chi connectivity index (χ1) is 8.97. The van der Waals surface area contributed by atoms with E-state index >= 15 is 0 Å².